The molecule has 0 saturated carbocycles. The van der Waals surface area contributed by atoms with E-state index in [4.69, 9.17) is 21.4 Å². The summed E-state index contributed by atoms with van der Waals surface area (Å²) in [7, 11) is 0. The summed E-state index contributed by atoms with van der Waals surface area (Å²) in [5, 5.41) is 13.0. The van der Waals surface area contributed by atoms with E-state index < -0.39 is 4.92 Å². The van der Waals surface area contributed by atoms with Crippen molar-refractivity contribution in [2.75, 3.05) is 6.79 Å². The van der Waals surface area contributed by atoms with Crippen LogP contribution in [0.1, 0.15) is 46.1 Å². The van der Waals surface area contributed by atoms with Crippen LogP contribution in [0.25, 0.3) is 0 Å². The van der Waals surface area contributed by atoms with E-state index in [0.29, 0.717) is 5.56 Å². The van der Waals surface area contributed by atoms with Gasteiger partial charge in [0.1, 0.15) is 0 Å². The van der Waals surface area contributed by atoms with Crippen LogP contribution in [0, 0.1) is 10.1 Å². The largest absolute Gasteiger partial charge is 0.349 e. The zero-order chi connectivity index (χ0) is 18.7. The van der Waals surface area contributed by atoms with E-state index in [1.165, 1.54) is 6.07 Å². The molecule has 1 aromatic carbocycles. The molecule has 1 saturated heterocycles. The van der Waals surface area contributed by atoms with Gasteiger partial charge < -0.3 is 4.74 Å². The first-order chi connectivity index (χ1) is 11.7. The molecule has 0 aromatic heterocycles. The lowest BCUT2D eigenvalue weighted by atomic mass is 9.79. The summed E-state index contributed by atoms with van der Waals surface area (Å²) < 4.78 is 5.54. The molecule has 1 fully saturated rings. The van der Waals surface area contributed by atoms with Gasteiger partial charge in [-0.15, -0.1) is 0 Å². The molecule has 140 valence electrons. The van der Waals surface area contributed by atoms with Gasteiger partial charge in [0.15, 0.2) is 6.79 Å². The Morgan fingerprint density at radius 1 is 1.28 bits per heavy atom. The molecule has 1 aliphatic rings. The second kappa shape index (κ2) is 7.97. The molecule has 1 aromatic rings. The number of piperidine rings is 1. The van der Waals surface area contributed by atoms with Crippen LogP contribution in [0.15, 0.2) is 24.3 Å². The van der Waals surface area contributed by atoms with E-state index in [-0.39, 0.29) is 36.2 Å². The average Bonchev–Trinajstić information content (AvgIpc) is 2.52. The third kappa shape index (κ3) is 4.89. The van der Waals surface area contributed by atoms with Crippen molar-refractivity contribution in [2.24, 2.45) is 0 Å². The SMILES string of the molecule is CC1(C)CC(NCl)CC(C)(C)N1OCOCc1ccccc1[N+](=O)[O-]. The summed E-state index contributed by atoms with van der Waals surface area (Å²) in [5.74, 6) is 0. The van der Waals surface area contributed by atoms with Crippen LogP contribution in [0.4, 0.5) is 5.69 Å². The van der Waals surface area contributed by atoms with E-state index in [1.807, 2.05) is 5.06 Å². The van der Waals surface area contributed by atoms with Gasteiger partial charge in [0.2, 0.25) is 0 Å². The molecule has 0 radical (unpaired) electrons. The predicted molar refractivity (Wildman–Crippen MR) is 95.8 cm³/mol. The van der Waals surface area contributed by atoms with Crippen molar-refractivity contribution < 1.29 is 14.5 Å². The number of hydrogen-bond donors (Lipinski definition) is 1. The molecular weight excluding hydrogens is 346 g/mol. The average molecular weight is 372 g/mol. The van der Waals surface area contributed by atoms with E-state index in [0.717, 1.165) is 12.8 Å². The molecular formula is C17H26ClN3O4. The minimum atomic E-state index is -0.407. The maximum Gasteiger partial charge on any atom is 0.274 e. The van der Waals surface area contributed by atoms with Gasteiger partial charge in [-0.3, -0.25) is 15.0 Å². The molecule has 0 spiro atoms. The predicted octanol–water partition coefficient (Wildman–Crippen LogP) is 3.77. The molecule has 1 aliphatic heterocycles. The zero-order valence-corrected chi connectivity index (χ0v) is 15.9. The number of halogens is 1. The van der Waals surface area contributed by atoms with E-state index in [9.17, 15) is 10.1 Å². The van der Waals surface area contributed by atoms with Gasteiger partial charge in [-0.25, -0.2) is 4.84 Å². The van der Waals surface area contributed by atoms with E-state index in [1.54, 1.807) is 18.2 Å². The molecule has 2 rings (SSSR count). The van der Waals surface area contributed by atoms with Crippen LogP contribution in [-0.2, 0) is 16.2 Å². The molecule has 8 heteroatoms. The Hall–Kier alpha value is -1.25. The summed E-state index contributed by atoms with van der Waals surface area (Å²) in [6, 6.07) is 6.75. The summed E-state index contributed by atoms with van der Waals surface area (Å²) in [4.78, 5) is 19.4. The standard InChI is InChI=1S/C17H26ClN3O4/c1-16(2)9-14(19-18)10-17(3,4)21(16)25-12-24-11-13-7-5-6-8-15(13)20(22)23/h5-8,14,19H,9-12H2,1-4H3. The highest BCUT2D eigenvalue weighted by atomic mass is 35.5. The van der Waals surface area contributed by atoms with Gasteiger partial charge >= 0.3 is 0 Å². The first-order valence-corrected chi connectivity index (χ1v) is 8.64. The third-order valence-corrected chi connectivity index (χ3v) is 4.77. The normalized spacial score (nSPS) is 20.5. The van der Waals surface area contributed by atoms with Crippen molar-refractivity contribution in [1.29, 1.82) is 0 Å². The Morgan fingerprint density at radius 2 is 1.88 bits per heavy atom. The fourth-order valence-corrected chi connectivity index (χ4v) is 3.90. The van der Waals surface area contributed by atoms with Gasteiger partial charge in [-0.2, -0.15) is 5.06 Å². The first-order valence-electron chi connectivity index (χ1n) is 8.27. The second-order valence-electron chi connectivity index (χ2n) is 7.61. The molecule has 7 nitrogen and oxygen atoms in total. The first kappa shape index (κ1) is 20.1. The van der Waals surface area contributed by atoms with Crippen molar-refractivity contribution in [3.05, 3.63) is 39.9 Å². The molecule has 25 heavy (non-hydrogen) atoms. The fourth-order valence-electron chi connectivity index (χ4n) is 3.74. The number of rotatable bonds is 7. The number of hydroxylamine groups is 2. The minimum absolute atomic E-state index is 0.0257. The Balaban J connectivity index is 1.94. The second-order valence-corrected chi connectivity index (χ2v) is 7.83. The van der Waals surface area contributed by atoms with Crippen LogP contribution < -0.4 is 4.84 Å². The Morgan fingerprint density at radius 3 is 2.44 bits per heavy atom. The number of nitro benzene ring substituents is 1. The Labute approximate surface area is 153 Å². The molecule has 0 bridgehead atoms. The molecule has 1 heterocycles. The van der Waals surface area contributed by atoms with Crippen molar-refractivity contribution in [3.8, 4) is 0 Å². The summed E-state index contributed by atoms with van der Waals surface area (Å²) in [6.07, 6.45) is 1.67. The zero-order valence-electron chi connectivity index (χ0n) is 15.1. The van der Waals surface area contributed by atoms with Crippen molar-refractivity contribution in [2.45, 2.75) is 64.3 Å². The van der Waals surface area contributed by atoms with Crippen LogP contribution in [0.2, 0.25) is 0 Å². The number of nitrogens with one attached hydrogen (secondary N) is 1. The number of benzene rings is 1. The van der Waals surface area contributed by atoms with Gasteiger partial charge in [0, 0.05) is 23.2 Å². The maximum absolute atomic E-state index is 11.0. The molecule has 0 unspecified atom stereocenters. The van der Waals surface area contributed by atoms with Gasteiger partial charge in [-0.05, 0) is 58.4 Å². The highest BCUT2D eigenvalue weighted by Crippen LogP contribution is 2.38. The monoisotopic (exact) mass is 371 g/mol. The highest BCUT2D eigenvalue weighted by molar-refractivity contribution is 6.13. The van der Waals surface area contributed by atoms with Crippen LogP contribution >= 0.6 is 11.8 Å². The van der Waals surface area contributed by atoms with Gasteiger partial charge in [0.25, 0.3) is 5.69 Å². The number of nitro groups is 1. The van der Waals surface area contributed by atoms with Crippen LogP contribution in [0.5, 0.6) is 0 Å². The van der Waals surface area contributed by atoms with Gasteiger partial charge in [-0.1, -0.05) is 12.1 Å². The lowest BCUT2D eigenvalue weighted by Gasteiger charge is -2.53. The molecule has 0 aliphatic carbocycles. The number of nitrogens with zero attached hydrogens (tertiary/aromatic N) is 2. The number of hydrogen-bond acceptors (Lipinski definition) is 6. The van der Waals surface area contributed by atoms with Crippen molar-refractivity contribution in [1.82, 2.24) is 9.90 Å². The quantitative estimate of drug-likeness (QED) is 0.258. The van der Waals surface area contributed by atoms with Gasteiger partial charge in [0.05, 0.1) is 17.1 Å². The Bertz CT molecular complexity index is 591. The summed E-state index contributed by atoms with van der Waals surface area (Å²) in [6.45, 7) is 8.53. The van der Waals surface area contributed by atoms with Crippen LogP contribution in [-0.4, -0.2) is 33.9 Å². The highest BCUT2D eigenvalue weighted by Gasteiger charge is 2.46. The molecule has 0 atom stereocenters. The lowest BCUT2D eigenvalue weighted by molar-refractivity contribution is -0.386. The number of ether oxygens (including phenoxy) is 1. The lowest BCUT2D eigenvalue weighted by Crippen LogP contribution is -2.63. The summed E-state index contributed by atoms with van der Waals surface area (Å²) in [5.41, 5.74) is 0.129. The smallest absolute Gasteiger partial charge is 0.274 e. The van der Waals surface area contributed by atoms with E-state index >= 15 is 0 Å². The molecule has 0 amide bonds. The number of para-hydroxylation sites is 1. The topological polar surface area (TPSA) is 76.9 Å². The van der Waals surface area contributed by atoms with Crippen LogP contribution in [0.3, 0.4) is 0 Å². The molecule has 1 N–H and O–H groups in total. The summed E-state index contributed by atoms with van der Waals surface area (Å²) >= 11 is 5.83. The fraction of sp³-hybridized carbons (Fsp3) is 0.647. The maximum atomic E-state index is 11.0. The van der Waals surface area contributed by atoms with Crippen molar-refractivity contribution >= 4 is 17.5 Å². The minimum Gasteiger partial charge on any atom is -0.349 e. The Kier molecular flexibility index (Phi) is 6.40. The van der Waals surface area contributed by atoms with E-state index in [2.05, 4.69) is 32.5 Å². The third-order valence-electron chi connectivity index (χ3n) is 4.46. The van der Waals surface area contributed by atoms with Crippen molar-refractivity contribution in [3.63, 3.8) is 0 Å².